The summed E-state index contributed by atoms with van der Waals surface area (Å²) in [6, 6.07) is 0. The molecule has 0 radical (unpaired) electrons. The topological polar surface area (TPSA) is 112 Å². The van der Waals surface area contributed by atoms with Crippen LogP contribution < -0.4 is 0 Å². The predicted molar refractivity (Wildman–Crippen MR) is 242 cm³/mol. The zero-order chi connectivity index (χ0) is 43.2. The lowest BCUT2D eigenvalue weighted by Gasteiger charge is -2.28. The lowest BCUT2D eigenvalue weighted by Crippen LogP contribution is -2.37. The molecule has 1 aliphatic heterocycles. The van der Waals surface area contributed by atoms with Crippen molar-refractivity contribution in [2.24, 2.45) is 11.8 Å². The first-order valence-corrected chi connectivity index (χ1v) is 25.2. The van der Waals surface area contributed by atoms with Crippen molar-refractivity contribution >= 4 is 17.8 Å². The number of carbonyl (C=O) groups is 3. The van der Waals surface area contributed by atoms with Gasteiger partial charge in [0.05, 0.1) is 31.8 Å². The minimum atomic E-state index is -0.667. The molecule has 0 bridgehead atoms. The average molecular weight is 838 g/mol. The van der Waals surface area contributed by atoms with Gasteiger partial charge in [-0.2, -0.15) is 0 Å². The third-order valence-electron chi connectivity index (χ3n) is 12.3. The summed E-state index contributed by atoms with van der Waals surface area (Å²) in [5, 5.41) is 9.53. The minimum absolute atomic E-state index is 0.00411. The molecule has 1 rings (SSSR count). The van der Waals surface area contributed by atoms with Crippen molar-refractivity contribution in [3.8, 4) is 0 Å². The third-order valence-corrected chi connectivity index (χ3v) is 12.3. The highest BCUT2D eigenvalue weighted by atomic mass is 16.7. The van der Waals surface area contributed by atoms with Gasteiger partial charge in [-0.1, -0.05) is 156 Å². The molecule has 9 nitrogen and oxygen atoms in total. The van der Waals surface area contributed by atoms with Crippen molar-refractivity contribution in [3.63, 3.8) is 0 Å². The van der Waals surface area contributed by atoms with E-state index >= 15 is 0 Å². The van der Waals surface area contributed by atoms with Gasteiger partial charge in [0.2, 0.25) is 5.91 Å². The summed E-state index contributed by atoms with van der Waals surface area (Å²) in [5.74, 6) is -0.926. The molecule has 348 valence electrons. The second kappa shape index (κ2) is 38.0. The quantitative estimate of drug-likeness (QED) is 0.0478. The number of rotatable bonds is 42. The van der Waals surface area contributed by atoms with Crippen molar-refractivity contribution in [1.29, 1.82) is 0 Å². The van der Waals surface area contributed by atoms with Gasteiger partial charge < -0.3 is 29.0 Å². The zero-order valence-electron chi connectivity index (χ0n) is 39.4. The number of likely N-dealkylation sites (N-methyl/N-ethyl adjacent to an activating group) is 1. The maximum atomic E-state index is 13.4. The summed E-state index contributed by atoms with van der Waals surface area (Å²) in [6.07, 6.45) is 34.8. The number of aliphatic hydroxyl groups is 1. The zero-order valence-corrected chi connectivity index (χ0v) is 39.4. The molecule has 1 amide bonds. The SMILES string of the molecule is CCCCCCCCC(CCCCCC)C(=O)OCCCCCC1(CCCCCOC(=O)CN(C)C(=O)C(CCCCCC)CCCCCCCC)OCC(CCO)O1. The average Bonchev–Trinajstić information content (AvgIpc) is 3.63. The number of ether oxygens (including phenoxy) is 4. The third kappa shape index (κ3) is 28.5. The molecule has 1 aliphatic rings. The van der Waals surface area contributed by atoms with Crippen LogP contribution in [-0.2, 0) is 33.3 Å². The molecular weight excluding hydrogens is 743 g/mol. The molecule has 1 fully saturated rings. The molecule has 0 aromatic rings. The van der Waals surface area contributed by atoms with E-state index in [1.165, 1.54) is 96.3 Å². The Labute approximate surface area is 363 Å². The van der Waals surface area contributed by atoms with E-state index in [9.17, 15) is 19.5 Å². The van der Waals surface area contributed by atoms with Crippen molar-refractivity contribution in [3.05, 3.63) is 0 Å². The van der Waals surface area contributed by atoms with Gasteiger partial charge in [-0.25, -0.2) is 0 Å². The van der Waals surface area contributed by atoms with Gasteiger partial charge in [-0.05, 0) is 70.6 Å². The van der Waals surface area contributed by atoms with Gasteiger partial charge in [0, 0.05) is 32.4 Å². The Morgan fingerprint density at radius 3 is 1.51 bits per heavy atom. The highest BCUT2D eigenvalue weighted by Crippen LogP contribution is 2.35. The first-order valence-electron chi connectivity index (χ1n) is 25.2. The lowest BCUT2D eigenvalue weighted by atomic mass is 9.93. The van der Waals surface area contributed by atoms with E-state index in [-0.39, 0.29) is 48.9 Å². The van der Waals surface area contributed by atoms with Gasteiger partial charge in [0.25, 0.3) is 0 Å². The monoisotopic (exact) mass is 838 g/mol. The minimum Gasteiger partial charge on any atom is -0.465 e. The van der Waals surface area contributed by atoms with Crippen LogP contribution in [0.25, 0.3) is 0 Å². The summed E-state index contributed by atoms with van der Waals surface area (Å²) in [5.41, 5.74) is 0. The standard InChI is InChI=1S/C50H95NO8/c1-6-10-14-18-20-26-33-44(32-24-16-12-8-3)48(54)51(5)42-47(53)56-40-30-22-28-37-50(58-43-46(59-50)36-39-52)38-29-23-31-41-57-49(55)45(34-25-17-13-9-4)35-27-21-19-15-11-7-2/h44-46,52H,6-43H2,1-5H3. The number of hydrogen-bond acceptors (Lipinski definition) is 8. The Kier molecular flexibility index (Phi) is 35.6. The molecule has 0 aliphatic carbocycles. The van der Waals surface area contributed by atoms with E-state index in [2.05, 4.69) is 27.7 Å². The second-order valence-corrected chi connectivity index (χ2v) is 17.9. The predicted octanol–water partition coefficient (Wildman–Crippen LogP) is 12.8. The van der Waals surface area contributed by atoms with Gasteiger partial charge in [-0.3, -0.25) is 14.4 Å². The molecular formula is C50H95NO8. The maximum Gasteiger partial charge on any atom is 0.325 e. The van der Waals surface area contributed by atoms with Crippen molar-refractivity contribution < 1.29 is 38.4 Å². The number of aliphatic hydroxyl groups excluding tert-OH is 1. The maximum absolute atomic E-state index is 13.4. The lowest BCUT2D eigenvalue weighted by molar-refractivity contribution is -0.180. The summed E-state index contributed by atoms with van der Waals surface area (Å²) in [7, 11) is 1.74. The molecule has 1 N–H and O–H groups in total. The van der Waals surface area contributed by atoms with E-state index in [1.807, 2.05) is 0 Å². The van der Waals surface area contributed by atoms with Crippen molar-refractivity contribution in [2.75, 3.05) is 40.0 Å². The van der Waals surface area contributed by atoms with E-state index in [0.717, 1.165) is 109 Å². The van der Waals surface area contributed by atoms with Gasteiger partial charge >= 0.3 is 11.9 Å². The van der Waals surface area contributed by atoms with Crippen LogP contribution in [0.5, 0.6) is 0 Å². The molecule has 0 spiro atoms. The Hall–Kier alpha value is -1.71. The van der Waals surface area contributed by atoms with Crippen LogP contribution in [0, 0.1) is 11.8 Å². The van der Waals surface area contributed by atoms with Crippen LogP contribution >= 0.6 is 0 Å². The van der Waals surface area contributed by atoms with Crippen LogP contribution in [0.3, 0.4) is 0 Å². The van der Waals surface area contributed by atoms with Gasteiger partial charge in [-0.15, -0.1) is 0 Å². The largest absolute Gasteiger partial charge is 0.465 e. The van der Waals surface area contributed by atoms with E-state index in [4.69, 9.17) is 18.9 Å². The molecule has 1 saturated heterocycles. The molecule has 4 unspecified atom stereocenters. The second-order valence-electron chi connectivity index (χ2n) is 17.9. The molecule has 0 aromatic heterocycles. The van der Waals surface area contributed by atoms with E-state index in [0.29, 0.717) is 26.2 Å². The van der Waals surface area contributed by atoms with Crippen LogP contribution in [0.2, 0.25) is 0 Å². The fourth-order valence-corrected chi connectivity index (χ4v) is 8.49. The van der Waals surface area contributed by atoms with Gasteiger partial charge in [0.1, 0.15) is 6.54 Å². The van der Waals surface area contributed by atoms with Crippen LogP contribution in [0.4, 0.5) is 0 Å². The fourth-order valence-electron chi connectivity index (χ4n) is 8.49. The highest BCUT2D eigenvalue weighted by Gasteiger charge is 2.40. The fraction of sp³-hybridized carbons (Fsp3) is 0.940. The normalized spacial score (nSPS) is 17.6. The Balaban J connectivity index is 2.47. The molecule has 1 heterocycles. The Morgan fingerprint density at radius 2 is 1.02 bits per heavy atom. The van der Waals surface area contributed by atoms with E-state index < -0.39 is 5.79 Å². The first-order chi connectivity index (χ1) is 28.7. The number of unbranched alkanes of at least 4 members (excludes halogenated alkanes) is 20. The van der Waals surface area contributed by atoms with E-state index in [1.54, 1.807) is 11.9 Å². The Bertz CT molecular complexity index is 1010. The molecule has 59 heavy (non-hydrogen) atoms. The summed E-state index contributed by atoms with van der Waals surface area (Å²) < 4.78 is 24.1. The van der Waals surface area contributed by atoms with Crippen LogP contribution in [-0.4, -0.2) is 79.8 Å². The number of carbonyl (C=O) groups excluding carboxylic acids is 3. The van der Waals surface area contributed by atoms with Crippen molar-refractivity contribution in [2.45, 2.75) is 251 Å². The van der Waals surface area contributed by atoms with Crippen molar-refractivity contribution in [1.82, 2.24) is 4.90 Å². The Morgan fingerprint density at radius 1 is 0.593 bits per heavy atom. The van der Waals surface area contributed by atoms with Gasteiger partial charge in [0.15, 0.2) is 5.79 Å². The smallest absolute Gasteiger partial charge is 0.325 e. The first kappa shape index (κ1) is 55.3. The number of hydrogen-bond donors (Lipinski definition) is 1. The number of esters is 2. The summed E-state index contributed by atoms with van der Waals surface area (Å²) in [6.45, 7) is 10.2. The number of nitrogens with zero attached hydrogens (tertiary/aromatic N) is 1. The molecule has 4 atom stereocenters. The molecule has 9 heteroatoms. The van der Waals surface area contributed by atoms with Crippen LogP contribution in [0.1, 0.15) is 240 Å². The highest BCUT2D eigenvalue weighted by molar-refractivity contribution is 5.83. The number of amides is 1. The molecule has 0 saturated carbocycles. The summed E-state index contributed by atoms with van der Waals surface area (Å²) >= 11 is 0. The summed E-state index contributed by atoms with van der Waals surface area (Å²) in [4.78, 5) is 40.8. The van der Waals surface area contributed by atoms with Crippen LogP contribution in [0.15, 0.2) is 0 Å². The molecule has 0 aromatic carbocycles.